The molecule has 0 bridgehead atoms. The van der Waals surface area contributed by atoms with Crippen molar-refractivity contribution in [2.75, 3.05) is 10.6 Å². The fourth-order valence-electron chi connectivity index (χ4n) is 2.20. The van der Waals surface area contributed by atoms with Gasteiger partial charge in [0.25, 0.3) is 0 Å². The summed E-state index contributed by atoms with van der Waals surface area (Å²) in [5, 5.41) is 6.58. The molecule has 0 atom stereocenters. The second-order valence-corrected chi connectivity index (χ2v) is 6.21. The molecule has 0 fully saturated rings. The van der Waals surface area contributed by atoms with Crippen LogP contribution in [0.2, 0.25) is 0 Å². The number of hydrogen-bond acceptors (Lipinski definition) is 4. The van der Waals surface area contributed by atoms with E-state index < -0.39 is 0 Å². The van der Waals surface area contributed by atoms with Crippen molar-refractivity contribution in [1.29, 1.82) is 0 Å². The van der Waals surface area contributed by atoms with E-state index in [2.05, 4.69) is 49.5 Å². The normalized spacial score (nSPS) is 10.4. The number of anilines is 4. The van der Waals surface area contributed by atoms with Crippen LogP contribution in [-0.2, 0) is 0 Å². The van der Waals surface area contributed by atoms with Gasteiger partial charge in [-0.25, -0.2) is 4.98 Å². The van der Waals surface area contributed by atoms with Gasteiger partial charge in [-0.3, -0.25) is 0 Å². The van der Waals surface area contributed by atoms with Gasteiger partial charge in [0.15, 0.2) is 0 Å². The predicted molar refractivity (Wildman–Crippen MR) is 98.7 cm³/mol. The lowest BCUT2D eigenvalue weighted by molar-refractivity contribution is 1.10. The fourth-order valence-corrected chi connectivity index (χ4v) is 2.47. The van der Waals surface area contributed by atoms with Gasteiger partial charge < -0.3 is 10.6 Å². The minimum atomic E-state index is 0.582. The van der Waals surface area contributed by atoms with Crippen molar-refractivity contribution in [3.63, 3.8) is 0 Å². The van der Waals surface area contributed by atoms with Crippen LogP contribution >= 0.6 is 15.9 Å². The average Bonchev–Trinajstić information content (AvgIpc) is 2.51. The van der Waals surface area contributed by atoms with E-state index in [-0.39, 0.29) is 0 Å². The monoisotopic (exact) mass is 368 g/mol. The first-order chi connectivity index (χ1) is 11.1. The first-order valence-electron chi connectivity index (χ1n) is 7.31. The van der Waals surface area contributed by atoms with Gasteiger partial charge in [-0.1, -0.05) is 34.1 Å². The molecule has 0 spiro atoms. The van der Waals surface area contributed by atoms with Crippen molar-refractivity contribution in [2.24, 2.45) is 0 Å². The van der Waals surface area contributed by atoms with Crippen LogP contribution in [0.1, 0.15) is 11.3 Å². The Morgan fingerprint density at radius 3 is 2.35 bits per heavy atom. The summed E-state index contributed by atoms with van der Waals surface area (Å²) in [5.41, 5.74) is 4.04. The Kier molecular flexibility index (Phi) is 4.57. The van der Waals surface area contributed by atoms with Gasteiger partial charge in [0.1, 0.15) is 5.82 Å². The summed E-state index contributed by atoms with van der Waals surface area (Å²) in [6, 6.07) is 18.0. The largest absolute Gasteiger partial charge is 0.340 e. The summed E-state index contributed by atoms with van der Waals surface area (Å²) >= 11 is 3.43. The fraction of sp³-hybridized carbons (Fsp3) is 0.111. The molecule has 0 saturated carbocycles. The van der Waals surface area contributed by atoms with E-state index in [0.717, 1.165) is 32.9 Å². The van der Waals surface area contributed by atoms with Gasteiger partial charge >= 0.3 is 0 Å². The zero-order valence-electron chi connectivity index (χ0n) is 13.0. The highest BCUT2D eigenvalue weighted by Crippen LogP contribution is 2.22. The first-order valence-corrected chi connectivity index (χ1v) is 8.10. The number of hydrogen-bond donors (Lipinski definition) is 2. The molecule has 0 aliphatic rings. The molecular weight excluding hydrogens is 352 g/mol. The van der Waals surface area contributed by atoms with Crippen molar-refractivity contribution in [3.05, 3.63) is 70.3 Å². The van der Waals surface area contributed by atoms with Crippen LogP contribution in [0.3, 0.4) is 0 Å². The Morgan fingerprint density at radius 2 is 1.61 bits per heavy atom. The Morgan fingerprint density at radius 1 is 0.870 bits per heavy atom. The molecule has 1 aromatic heterocycles. The minimum Gasteiger partial charge on any atom is -0.340 e. The van der Waals surface area contributed by atoms with Crippen molar-refractivity contribution in [1.82, 2.24) is 9.97 Å². The van der Waals surface area contributed by atoms with Gasteiger partial charge in [0, 0.05) is 27.6 Å². The number of benzene rings is 2. The molecule has 3 rings (SSSR count). The average molecular weight is 369 g/mol. The maximum Gasteiger partial charge on any atom is 0.229 e. The summed E-state index contributed by atoms with van der Waals surface area (Å²) in [5.74, 6) is 1.34. The van der Waals surface area contributed by atoms with E-state index in [9.17, 15) is 0 Å². The summed E-state index contributed by atoms with van der Waals surface area (Å²) < 4.78 is 1.05. The maximum absolute atomic E-state index is 4.54. The lowest BCUT2D eigenvalue weighted by Gasteiger charge is -2.11. The third kappa shape index (κ3) is 4.07. The van der Waals surface area contributed by atoms with Crippen molar-refractivity contribution in [2.45, 2.75) is 13.8 Å². The molecule has 3 aromatic rings. The molecule has 0 saturated heterocycles. The molecule has 0 amide bonds. The van der Waals surface area contributed by atoms with Gasteiger partial charge in [-0.05, 0) is 49.7 Å². The summed E-state index contributed by atoms with van der Waals surface area (Å²) in [6.07, 6.45) is 0. The van der Waals surface area contributed by atoms with E-state index in [1.807, 2.05) is 55.5 Å². The number of nitrogens with one attached hydrogen (secondary N) is 2. The van der Waals surface area contributed by atoms with Gasteiger partial charge in [-0.15, -0.1) is 0 Å². The van der Waals surface area contributed by atoms with E-state index >= 15 is 0 Å². The lowest BCUT2D eigenvalue weighted by Crippen LogP contribution is -2.03. The molecular formula is C18H17BrN4. The van der Waals surface area contributed by atoms with E-state index in [0.29, 0.717) is 5.95 Å². The van der Waals surface area contributed by atoms with E-state index in [1.54, 1.807) is 0 Å². The summed E-state index contributed by atoms with van der Waals surface area (Å²) in [6.45, 7) is 4.01. The molecule has 4 nitrogen and oxygen atoms in total. The number of aryl methyl sites for hydroxylation is 2. The highest BCUT2D eigenvalue weighted by atomic mass is 79.9. The molecule has 0 radical (unpaired) electrons. The smallest absolute Gasteiger partial charge is 0.229 e. The van der Waals surface area contributed by atoms with E-state index in [4.69, 9.17) is 0 Å². The number of para-hydroxylation sites is 1. The second kappa shape index (κ2) is 6.79. The molecule has 1 heterocycles. The van der Waals surface area contributed by atoms with E-state index in [1.165, 1.54) is 0 Å². The predicted octanol–water partition coefficient (Wildman–Crippen LogP) is 5.34. The highest BCUT2D eigenvalue weighted by Gasteiger charge is 2.05. The molecule has 0 unspecified atom stereocenters. The number of nitrogens with zero attached hydrogens (tertiary/aromatic N) is 2. The minimum absolute atomic E-state index is 0.582. The molecule has 2 aromatic carbocycles. The van der Waals surface area contributed by atoms with Crippen molar-refractivity contribution in [3.8, 4) is 0 Å². The first kappa shape index (κ1) is 15.5. The van der Waals surface area contributed by atoms with Crippen molar-refractivity contribution >= 4 is 39.1 Å². The van der Waals surface area contributed by atoms with Gasteiger partial charge in [0.2, 0.25) is 5.95 Å². The van der Waals surface area contributed by atoms with Gasteiger partial charge in [-0.2, -0.15) is 4.98 Å². The summed E-state index contributed by atoms with van der Waals surface area (Å²) in [7, 11) is 0. The molecule has 0 aliphatic carbocycles. The zero-order chi connectivity index (χ0) is 16.2. The van der Waals surface area contributed by atoms with Crippen LogP contribution in [0, 0.1) is 13.8 Å². The van der Waals surface area contributed by atoms with Crippen LogP contribution < -0.4 is 10.6 Å². The Bertz CT molecular complexity index is 816. The Balaban J connectivity index is 1.84. The van der Waals surface area contributed by atoms with Crippen LogP contribution in [0.15, 0.2) is 59.1 Å². The third-order valence-electron chi connectivity index (χ3n) is 3.36. The maximum atomic E-state index is 4.54. The van der Waals surface area contributed by atoms with Crippen molar-refractivity contribution < 1.29 is 0 Å². The Hall–Kier alpha value is -2.40. The quantitative estimate of drug-likeness (QED) is 0.652. The van der Waals surface area contributed by atoms with Crippen LogP contribution in [0.5, 0.6) is 0 Å². The Labute approximate surface area is 144 Å². The van der Waals surface area contributed by atoms with Crippen LogP contribution in [0.25, 0.3) is 0 Å². The second-order valence-electron chi connectivity index (χ2n) is 5.29. The number of aromatic nitrogens is 2. The third-order valence-corrected chi connectivity index (χ3v) is 3.89. The molecule has 0 aliphatic heterocycles. The number of halogens is 1. The highest BCUT2D eigenvalue weighted by molar-refractivity contribution is 9.10. The zero-order valence-corrected chi connectivity index (χ0v) is 14.6. The summed E-state index contributed by atoms with van der Waals surface area (Å²) in [4.78, 5) is 9.00. The molecule has 2 N–H and O–H groups in total. The topological polar surface area (TPSA) is 49.8 Å². The van der Waals surface area contributed by atoms with Gasteiger partial charge in [0.05, 0.1) is 0 Å². The SMILES string of the molecule is Cc1cc(Nc2ccc(Br)cc2)nc(Nc2ccccc2C)n1. The molecule has 23 heavy (non-hydrogen) atoms. The van der Waals surface area contributed by atoms with Crippen LogP contribution in [-0.4, -0.2) is 9.97 Å². The lowest BCUT2D eigenvalue weighted by atomic mass is 10.2. The standard InChI is InChI=1S/C18H17BrN4/c1-12-5-3-4-6-16(12)22-18-20-13(2)11-17(23-18)21-15-9-7-14(19)8-10-15/h3-11H,1-2H3,(H2,20,21,22,23). The molecule has 5 heteroatoms. The molecule has 116 valence electrons. The van der Waals surface area contributed by atoms with Crippen LogP contribution in [0.4, 0.5) is 23.1 Å². The number of rotatable bonds is 4.